The molecule has 3 heterocycles. The summed E-state index contributed by atoms with van der Waals surface area (Å²) in [6, 6.07) is 2.05. The van der Waals surface area contributed by atoms with Gasteiger partial charge in [-0.2, -0.15) is 5.48 Å². The summed E-state index contributed by atoms with van der Waals surface area (Å²) in [5, 5.41) is 1.98. The first kappa shape index (κ1) is 9.84. The second-order valence-corrected chi connectivity index (χ2v) is 5.06. The smallest absolute Gasteiger partial charge is 0.114 e. The van der Waals surface area contributed by atoms with E-state index in [1.165, 1.54) is 4.88 Å². The fourth-order valence-electron chi connectivity index (χ4n) is 2.36. The molecule has 1 aromatic rings. The Bertz CT molecular complexity index is 370. The van der Waals surface area contributed by atoms with Crippen LogP contribution in [0.3, 0.4) is 0 Å². The number of ether oxygens (including phenoxy) is 1. The van der Waals surface area contributed by atoms with E-state index in [-0.39, 0.29) is 5.54 Å². The zero-order chi connectivity index (χ0) is 10.3. The molecule has 1 aromatic heterocycles. The van der Waals surface area contributed by atoms with Crippen LogP contribution in [0.1, 0.15) is 11.3 Å². The summed E-state index contributed by atoms with van der Waals surface area (Å²) in [5.41, 5.74) is 3.96. The summed E-state index contributed by atoms with van der Waals surface area (Å²) in [4.78, 5) is 6.66. The number of hydrogen-bond donors (Lipinski definition) is 1. The molecular weight excluding hydrogens is 209 g/mol. The molecule has 0 bridgehead atoms. The molecule has 0 aromatic carbocycles. The Morgan fingerprint density at radius 2 is 2.47 bits per heavy atom. The van der Waals surface area contributed by atoms with Crippen molar-refractivity contribution in [2.75, 3.05) is 19.8 Å². The highest BCUT2D eigenvalue weighted by atomic mass is 32.1. The maximum Gasteiger partial charge on any atom is 0.114 e. The molecule has 1 unspecified atom stereocenters. The number of rotatable bonds is 1. The standard InChI is InChI=1S/C10H12BNO2S/c11-8-3-9(15-6-8)10-1-2-13-4-7(10)5-14-12-10/h3,6-7,12H,1-2,4-5H2/t7?,10-/m0/s1. The summed E-state index contributed by atoms with van der Waals surface area (Å²) in [5.74, 6) is 0.407. The Labute approximate surface area is 94.1 Å². The largest absolute Gasteiger partial charge is 0.381 e. The zero-order valence-electron chi connectivity index (χ0n) is 8.36. The van der Waals surface area contributed by atoms with E-state index in [1.807, 2.05) is 11.4 Å². The summed E-state index contributed by atoms with van der Waals surface area (Å²) in [6.07, 6.45) is 0.956. The highest BCUT2D eigenvalue weighted by molar-refractivity contribution is 7.11. The number of nitrogens with one attached hydrogen (secondary N) is 1. The maximum absolute atomic E-state index is 5.78. The van der Waals surface area contributed by atoms with Crippen LogP contribution in [-0.4, -0.2) is 27.7 Å². The van der Waals surface area contributed by atoms with E-state index in [0.29, 0.717) is 5.92 Å². The lowest BCUT2D eigenvalue weighted by Gasteiger charge is -2.36. The van der Waals surface area contributed by atoms with Crippen LogP contribution < -0.4 is 10.9 Å². The van der Waals surface area contributed by atoms with Crippen LogP contribution in [0, 0.1) is 5.92 Å². The average Bonchev–Trinajstić information content (AvgIpc) is 2.83. The molecule has 0 spiro atoms. The predicted octanol–water partition coefficient (Wildman–Crippen LogP) is 0.309. The van der Waals surface area contributed by atoms with Gasteiger partial charge in [0.15, 0.2) is 0 Å². The van der Waals surface area contributed by atoms with E-state index >= 15 is 0 Å². The number of fused-ring (bicyclic) bond motifs is 1. The first-order valence-electron chi connectivity index (χ1n) is 5.12. The van der Waals surface area contributed by atoms with Gasteiger partial charge in [-0.15, -0.1) is 11.3 Å². The summed E-state index contributed by atoms with van der Waals surface area (Å²) >= 11 is 1.70. The third kappa shape index (κ3) is 1.46. The molecule has 2 aliphatic rings. The SMILES string of the molecule is [B]c1csc([C@]23CCOCC2CON3)c1. The minimum absolute atomic E-state index is 0.0550. The maximum atomic E-state index is 5.78. The summed E-state index contributed by atoms with van der Waals surface area (Å²) in [7, 11) is 5.78. The molecule has 3 rings (SSSR count). The van der Waals surface area contributed by atoms with Gasteiger partial charge in [0, 0.05) is 17.4 Å². The quantitative estimate of drug-likeness (QED) is 0.692. The number of hydroxylamine groups is 1. The van der Waals surface area contributed by atoms with Crippen molar-refractivity contribution in [3.8, 4) is 0 Å². The zero-order valence-corrected chi connectivity index (χ0v) is 9.18. The van der Waals surface area contributed by atoms with E-state index < -0.39 is 0 Å². The van der Waals surface area contributed by atoms with Crippen LogP contribution in [0.5, 0.6) is 0 Å². The highest BCUT2D eigenvalue weighted by Gasteiger charge is 2.48. The molecular formula is C10H12BNO2S. The van der Waals surface area contributed by atoms with Crippen molar-refractivity contribution < 1.29 is 9.57 Å². The molecule has 0 saturated carbocycles. The van der Waals surface area contributed by atoms with Crippen molar-refractivity contribution in [2.45, 2.75) is 12.0 Å². The summed E-state index contributed by atoms with van der Waals surface area (Å²) in [6.45, 7) is 2.27. The minimum atomic E-state index is -0.0550. The molecule has 78 valence electrons. The lowest BCUT2D eigenvalue weighted by atomic mass is 9.80. The van der Waals surface area contributed by atoms with Gasteiger partial charge in [-0.25, -0.2) is 0 Å². The van der Waals surface area contributed by atoms with Crippen molar-refractivity contribution in [1.82, 2.24) is 5.48 Å². The molecule has 0 aliphatic carbocycles. The van der Waals surface area contributed by atoms with Gasteiger partial charge in [-0.05, 0) is 11.8 Å². The molecule has 3 nitrogen and oxygen atoms in total. The Kier molecular flexibility index (Phi) is 2.36. The first-order chi connectivity index (χ1) is 7.31. The van der Waals surface area contributed by atoms with Crippen molar-refractivity contribution in [1.29, 1.82) is 0 Å². The topological polar surface area (TPSA) is 30.5 Å². The fraction of sp³-hybridized carbons (Fsp3) is 0.600. The average molecular weight is 221 g/mol. The van der Waals surface area contributed by atoms with E-state index in [4.69, 9.17) is 17.4 Å². The Balaban J connectivity index is 1.99. The highest BCUT2D eigenvalue weighted by Crippen LogP contribution is 2.41. The van der Waals surface area contributed by atoms with E-state index in [1.54, 1.807) is 11.3 Å². The Hall–Kier alpha value is -0.355. The van der Waals surface area contributed by atoms with Gasteiger partial charge >= 0.3 is 0 Å². The second-order valence-electron chi connectivity index (χ2n) is 4.15. The van der Waals surface area contributed by atoms with Gasteiger partial charge in [-0.1, -0.05) is 11.5 Å². The Morgan fingerprint density at radius 3 is 3.27 bits per heavy atom. The van der Waals surface area contributed by atoms with Crippen LogP contribution in [0.4, 0.5) is 0 Å². The van der Waals surface area contributed by atoms with Gasteiger partial charge in [-0.3, -0.25) is 0 Å². The van der Waals surface area contributed by atoms with E-state index in [2.05, 4.69) is 5.48 Å². The lowest BCUT2D eigenvalue weighted by Crippen LogP contribution is -2.47. The molecule has 0 amide bonds. The van der Waals surface area contributed by atoms with Gasteiger partial charge in [0.25, 0.3) is 0 Å². The van der Waals surface area contributed by atoms with Crippen LogP contribution >= 0.6 is 11.3 Å². The molecule has 2 radical (unpaired) electrons. The van der Waals surface area contributed by atoms with Crippen molar-refractivity contribution >= 4 is 24.6 Å². The Morgan fingerprint density at radius 1 is 1.53 bits per heavy atom. The lowest BCUT2D eigenvalue weighted by molar-refractivity contribution is 0.00137. The normalized spacial score (nSPS) is 35.3. The van der Waals surface area contributed by atoms with Gasteiger partial charge in [0.2, 0.25) is 0 Å². The van der Waals surface area contributed by atoms with Crippen molar-refractivity contribution in [3.05, 3.63) is 16.3 Å². The van der Waals surface area contributed by atoms with Gasteiger partial charge in [0.1, 0.15) is 7.85 Å². The van der Waals surface area contributed by atoms with E-state index in [0.717, 1.165) is 31.7 Å². The molecule has 2 atom stereocenters. The molecule has 2 aliphatic heterocycles. The van der Waals surface area contributed by atoms with Crippen LogP contribution in [0.15, 0.2) is 11.4 Å². The van der Waals surface area contributed by atoms with Crippen molar-refractivity contribution in [3.63, 3.8) is 0 Å². The molecule has 2 saturated heterocycles. The van der Waals surface area contributed by atoms with Crippen LogP contribution in [0.25, 0.3) is 0 Å². The third-order valence-electron chi connectivity index (χ3n) is 3.25. The minimum Gasteiger partial charge on any atom is -0.381 e. The number of hydrogen-bond acceptors (Lipinski definition) is 4. The first-order valence-corrected chi connectivity index (χ1v) is 6.00. The van der Waals surface area contributed by atoms with Crippen LogP contribution in [-0.2, 0) is 15.1 Å². The molecule has 15 heavy (non-hydrogen) atoms. The van der Waals surface area contributed by atoms with Gasteiger partial charge in [0.05, 0.1) is 18.8 Å². The van der Waals surface area contributed by atoms with Crippen LogP contribution in [0.2, 0.25) is 0 Å². The van der Waals surface area contributed by atoms with Crippen molar-refractivity contribution in [2.24, 2.45) is 5.92 Å². The van der Waals surface area contributed by atoms with Gasteiger partial charge < -0.3 is 9.57 Å². The molecule has 2 fully saturated rings. The molecule has 1 N–H and O–H groups in total. The summed E-state index contributed by atoms with van der Waals surface area (Å²) < 4.78 is 5.49. The number of thiophene rings is 1. The third-order valence-corrected chi connectivity index (χ3v) is 4.38. The monoisotopic (exact) mass is 221 g/mol. The second kappa shape index (κ2) is 3.59. The predicted molar refractivity (Wildman–Crippen MR) is 59.4 cm³/mol. The fourth-order valence-corrected chi connectivity index (χ4v) is 3.42. The van der Waals surface area contributed by atoms with E-state index in [9.17, 15) is 0 Å². The molecule has 5 heteroatoms.